The molecule has 1 fully saturated rings. The zero-order valence-electron chi connectivity index (χ0n) is 20.5. The van der Waals surface area contributed by atoms with E-state index in [1.807, 2.05) is 24.0 Å². The Bertz CT molecular complexity index is 900. The van der Waals surface area contributed by atoms with Gasteiger partial charge in [-0.2, -0.15) is 17.5 Å². The summed E-state index contributed by atoms with van der Waals surface area (Å²) >= 11 is 0. The number of alkyl halides is 3. The zero-order valence-corrected chi connectivity index (χ0v) is 21.3. The average molecular weight is 524 g/mol. The van der Waals surface area contributed by atoms with E-state index in [1.54, 1.807) is 12.1 Å². The van der Waals surface area contributed by atoms with Gasteiger partial charge >= 0.3 is 12.1 Å². The van der Waals surface area contributed by atoms with Crippen LogP contribution in [-0.2, 0) is 26.0 Å². The van der Waals surface area contributed by atoms with Crippen LogP contribution in [0.4, 0.5) is 13.2 Å². The number of piperazine rings is 1. The summed E-state index contributed by atoms with van der Waals surface area (Å²) in [7, 11) is -3.59. The Labute approximate surface area is 205 Å². The van der Waals surface area contributed by atoms with Gasteiger partial charge in [0.1, 0.15) is 0 Å². The number of amides is 1. The van der Waals surface area contributed by atoms with Crippen molar-refractivity contribution in [2.75, 3.05) is 39.3 Å². The molecule has 1 aliphatic heterocycles. The van der Waals surface area contributed by atoms with Gasteiger partial charge in [0.05, 0.1) is 4.90 Å². The number of hydrogen-bond donors (Lipinski definition) is 2. The fraction of sp³-hybridized carbons (Fsp3) is 0.652. The topological polar surface area (TPSA) is 107 Å². The molecular formula is C23H36F3N3O5S. The number of aliphatic carboxylic acids is 1. The first kappa shape index (κ1) is 30.9. The highest BCUT2D eigenvalue weighted by Gasteiger charge is 2.38. The molecule has 0 radical (unpaired) electrons. The lowest BCUT2D eigenvalue weighted by Crippen LogP contribution is -2.47. The van der Waals surface area contributed by atoms with Crippen LogP contribution in [0.2, 0.25) is 0 Å². The molecule has 0 spiro atoms. The third-order valence-electron chi connectivity index (χ3n) is 5.25. The predicted molar refractivity (Wildman–Crippen MR) is 126 cm³/mol. The normalized spacial score (nSPS) is 14.6. The summed E-state index contributed by atoms with van der Waals surface area (Å²) in [5, 5.41) is 10.3. The Morgan fingerprint density at radius 1 is 1.11 bits per heavy atom. The Morgan fingerprint density at radius 3 is 2.11 bits per heavy atom. The molecule has 1 saturated heterocycles. The Hall–Kier alpha value is -2.18. The number of nitrogens with zero attached hydrogens (tertiary/aromatic N) is 2. The first-order valence-electron chi connectivity index (χ1n) is 11.7. The predicted octanol–water partition coefficient (Wildman–Crippen LogP) is 3.13. The molecule has 0 bridgehead atoms. The van der Waals surface area contributed by atoms with Crippen LogP contribution in [-0.4, -0.2) is 80.1 Å². The smallest absolute Gasteiger partial charge is 0.475 e. The summed E-state index contributed by atoms with van der Waals surface area (Å²) < 4.78 is 59.5. The van der Waals surface area contributed by atoms with Crippen LogP contribution in [0, 0.1) is 5.92 Å². The summed E-state index contributed by atoms with van der Waals surface area (Å²) in [4.78, 5) is 23.5. The number of benzene rings is 1. The quantitative estimate of drug-likeness (QED) is 0.488. The van der Waals surface area contributed by atoms with Crippen molar-refractivity contribution in [3.63, 3.8) is 0 Å². The molecule has 0 unspecified atom stereocenters. The highest BCUT2D eigenvalue weighted by atomic mass is 32.2. The van der Waals surface area contributed by atoms with Crippen molar-refractivity contribution in [3.05, 3.63) is 29.8 Å². The summed E-state index contributed by atoms with van der Waals surface area (Å²) in [6.07, 6.45) is -2.23. The van der Waals surface area contributed by atoms with Crippen LogP contribution in [0.25, 0.3) is 0 Å². The van der Waals surface area contributed by atoms with Gasteiger partial charge in [0.15, 0.2) is 0 Å². The lowest BCUT2D eigenvalue weighted by molar-refractivity contribution is -0.192. The molecule has 0 aromatic heterocycles. The minimum absolute atomic E-state index is 0.0329. The van der Waals surface area contributed by atoms with Crippen LogP contribution >= 0.6 is 0 Å². The lowest BCUT2D eigenvalue weighted by atomic mass is 10.0. The van der Waals surface area contributed by atoms with Crippen molar-refractivity contribution in [2.24, 2.45) is 5.92 Å². The summed E-state index contributed by atoms with van der Waals surface area (Å²) in [6, 6.07) is 7.20. The fourth-order valence-electron chi connectivity index (χ4n) is 3.40. The maximum atomic E-state index is 13.2. The molecule has 200 valence electrons. The SMILES string of the molecule is CCCCN(CCC(=O)N1CCNCC1)S(=O)(=O)c1ccc(CC(C)C)cc1.O=C(O)C(F)(F)F. The van der Waals surface area contributed by atoms with E-state index in [0.29, 0.717) is 30.4 Å². The maximum absolute atomic E-state index is 13.2. The number of carbonyl (C=O) groups is 2. The van der Waals surface area contributed by atoms with Crippen molar-refractivity contribution in [1.82, 2.24) is 14.5 Å². The molecule has 1 aliphatic rings. The Balaban J connectivity index is 0.000000762. The first-order chi connectivity index (χ1) is 16.3. The molecule has 1 amide bonds. The van der Waals surface area contributed by atoms with E-state index < -0.39 is 22.2 Å². The minimum Gasteiger partial charge on any atom is -0.475 e. The van der Waals surface area contributed by atoms with Gasteiger partial charge in [0.25, 0.3) is 0 Å². The van der Waals surface area contributed by atoms with Crippen LogP contribution in [0.15, 0.2) is 29.2 Å². The number of carboxylic acid groups (broad SMARTS) is 1. The number of nitrogens with one attached hydrogen (secondary N) is 1. The molecule has 0 saturated carbocycles. The number of hydrogen-bond acceptors (Lipinski definition) is 5. The first-order valence-corrected chi connectivity index (χ1v) is 13.1. The van der Waals surface area contributed by atoms with Crippen molar-refractivity contribution in [1.29, 1.82) is 0 Å². The van der Waals surface area contributed by atoms with Gasteiger partial charge in [0, 0.05) is 45.7 Å². The molecule has 12 heteroatoms. The fourth-order valence-corrected chi connectivity index (χ4v) is 4.88. The third-order valence-corrected chi connectivity index (χ3v) is 7.17. The van der Waals surface area contributed by atoms with Crippen molar-refractivity contribution in [3.8, 4) is 0 Å². The number of sulfonamides is 1. The summed E-state index contributed by atoms with van der Waals surface area (Å²) in [5.41, 5.74) is 1.14. The van der Waals surface area contributed by atoms with Gasteiger partial charge < -0.3 is 15.3 Å². The maximum Gasteiger partial charge on any atom is 0.490 e. The molecule has 0 atom stereocenters. The Morgan fingerprint density at radius 2 is 1.66 bits per heavy atom. The average Bonchev–Trinajstić information content (AvgIpc) is 2.79. The van der Waals surface area contributed by atoms with E-state index in [0.717, 1.165) is 37.9 Å². The summed E-state index contributed by atoms with van der Waals surface area (Å²) in [6.45, 7) is 9.99. The van der Waals surface area contributed by atoms with E-state index in [4.69, 9.17) is 9.90 Å². The van der Waals surface area contributed by atoms with Crippen LogP contribution in [0.5, 0.6) is 0 Å². The van der Waals surface area contributed by atoms with E-state index in [1.165, 1.54) is 4.31 Å². The molecule has 0 aliphatic carbocycles. The van der Waals surface area contributed by atoms with Gasteiger partial charge in [-0.15, -0.1) is 0 Å². The van der Waals surface area contributed by atoms with Crippen molar-refractivity contribution >= 4 is 21.9 Å². The molecule has 2 N–H and O–H groups in total. The minimum atomic E-state index is -5.08. The largest absolute Gasteiger partial charge is 0.490 e. The molecule has 2 rings (SSSR count). The van der Waals surface area contributed by atoms with Gasteiger partial charge in [-0.05, 0) is 36.5 Å². The number of unbranched alkanes of at least 4 members (excludes halogenated alkanes) is 1. The third kappa shape index (κ3) is 11.0. The molecule has 1 aromatic carbocycles. The van der Waals surface area contributed by atoms with E-state index >= 15 is 0 Å². The molecule has 1 heterocycles. The van der Waals surface area contributed by atoms with E-state index in [9.17, 15) is 26.4 Å². The second-order valence-electron chi connectivity index (χ2n) is 8.68. The lowest BCUT2D eigenvalue weighted by Gasteiger charge is -2.29. The van der Waals surface area contributed by atoms with E-state index in [-0.39, 0.29) is 18.9 Å². The number of carboxylic acids is 1. The summed E-state index contributed by atoms with van der Waals surface area (Å²) in [5.74, 6) is -2.20. The van der Waals surface area contributed by atoms with Crippen molar-refractivity contribution in [2.45, 2.75) is 57.5 Å². The van der Waals surface area contributed by atoms with Crippen molar-refractivity contribution < 1.29 is 36.3 Å². The van der Waals surface area contributed by atoms with Gasteiger partial charge in [-0.3, -0.25) is 4.79 Å². The number of carbonyl (C=O) groups excluding carboxylic acids is 1. The molecule has 8 nitrogen and oxygen atoms in total. The molecule has 35 heavy (non-hydrogen) atoms. The van der Waals surface area contributed by atoms with Crippen LogP contribution < -0.4 is 5.32 Å². The molecular weight excluding hydrogens is 487 g/mol. The van der Waals surface area contributed by atoms with Gasteiger partial charge in [0.2, 0.25) is 15.9 Å². The van der Waals surface area contributed by atoms with Crippen LogP contribution in [0.1, 0.15) is 45.6 Å². The van der Waals surface area contributed by atoms with E-state index in [2.05, 4.69) is 19.2 Å². The highest BCUT2D eigenvalue weighted by Crippen LogP contribution is 2.19. The molecule has 1 aromatic rings. The van der Waals surface area contributed by atoms with Crippen LogP contribution in [0.3, 0.4) is 0 Å². The standard InChI is InChI=1S/C21H35N3O3S.C2HF3O2/c1-4-5-13-24(14-10-21(25)23-15-11-22-12-16-23)28(26,27)20-8-6-19(7-9-20)17-18(2)3;3-2(4,5)1(6)7/h6-9,18,22H,4-5,10-17H2,1-3H3;(H,6,7). The Kier molecular flexibility index (Phi) is 12.7. The zero-order chi connectivity index (χ0) is 26.6. The highest BCUT2D eigenvalue weighted by molar-refractivity contribution is 7.89. The van der Waals surface area contributed by atoms with Gasteiger partial charge in [-0.25, -0.2) is 13.2 Å². The number of halogens is 3. The van der Waals surface area contributed by atoms with Gasteiger partial charge in [-0.1, -0.05) is 39.3 Å². The monoisotopic (exact) mass is 523 g/mol. The second-order valence-corrected chi connectivity index (χ2v) is 10.6. The second kappa shape index (κ2) is 14.4. The number of rotatable bonds is 10.